The normalized spacial score (nSPS) is 19.0. The fourth-order valence-corrected chi connectivity index (χ4v) is 6.44. The Morgan fingerprint density at radius 3 is 1.68 bits per heavy atom. The zero-order valence-electron chi connectivity index (χ0n) is 26.5. The van der Waals surface area contributed by atoms with Crippen LogP contribution in [0.4, 0.5) is 26.3 Å². The number of nitrogens with one attached hydrogen (secondary N) is 1. The van der Waals surface area contributed by atoms with Crippen LogP contribution in [0.3, 0.4) is 0 Å². The molecule has 1 saturated carbocycles. The van der Waals surface area contributed by atoms with E-state index in [-0.39, 0.29) is 19.3 Å². The van der Waals surface area contributed by atoms with Gasteiger partial charge in [0.15, 0.2) is 6.61 Å². The van der Waals surface area contributed by atoms with Crippen LogP contribution in [0, 0.1) is 16.2 Å². The van der Waals surface area contributed by atoms with E-state index in [1.54, 1.807) is 6.92 Å². The monoisotopic (exact) mass is 669 g/mol. The maximum absolute atomic E-state index is 13.9. The Kier molecular flexibility index (Phi) is 12.4. The average molecular weight is 670 g/mol. The quantitative estimate of drug-likeness (QED) is 0.122. The Morgan fingerprint density at radius 2 is 1.25 bits per heavy atom. The number of ether oxygens (including phenoxy) is 3. The van der Waals surface area contributed by atoms with Crippen LogP contribution in [-0.4, -0.2) is 62.4 Å². The first kappa shape index (κ1) is 39.9. The molecule has 44 heavy (non-hydrogen) atoms. The summed E-state index contributed by atoms with van der Waals surface area (Å²) in [7, 11) is -5.76. The topological polar surface area (TPSA) is 125 Å². The van der Waals surface area contributed by atoms with E-state index in [2.05, 4.69) is 4.74 Å². The highest BCUT2D eigenvalue weighted by molar-refractivity contribution is 7.90. The van der Waals surface area contributed by atoms with E-state index in [4.69, 9.17) is 9.47 Å². The van der Waals surface area contributed by atoms with Crippen molar-refractivity contribution in [3.8, 4) is 0 Å². The van der Waals surface area contributed by atoms with Gasteiger partial charge in [-0.05, 0) is 92.9 Å². The lowest BCUT2D eigenvalue weighted by Gasteiger charge is -2.42. The summed E-state index contributed by atoms with van der Waals surface area (Å²) in [4.78, 5) is 40.0. The molecule has 1 N–H and O–H groups in total. The highest BCUT2D eigenvalue weighted by Crippen LogP contribution is 2.48. The van der Waals surface area contributed by atoms with Gasteiger partial charge < -0.3 is 14.2 Å². The minimum absolute atomic E-state index is 0.0290. The van der Waals surface area contributed by atoms with E-state index in [0.29, 0.717) is 19.3 Å². The van der Waals surface area contributed by atoms with E-state index in [1.165, 1.54) is 32.4 Å². The number of rotatable bonds is 15. The molecule has 1 aliphatic rings. The van der Waals surface area contributed by atoms with Crippen LogP contribution in [0.1, 0.15) is 107 Å². The molecule has 0 radical (unpaired) electrons. The molecular weight excluding hydrogens is 624 g/mol. The highest BCUT2D eigenvalue weighted by atomic mass is 32.2. The second-order valence-corrected chi connectivity index (χ2v) is 15.2. The third-order valence-corrected chi connectivity index (χ3v) is 9.48. The minimum atomic E-state index is -5.76. The van der Waals surface area contributed by atoms with Gasteiger partial charge in [-0.25, -0.2) is 8.42 Å². The summed E-state index contributed by atoms with van der Waals surface area (Å²) in [5, 5.41) is 0. The van der Waals surface area contributed by atoms with Crippen molar-refractivity contribution in [1.82, 2.24) is 4.72 Å². The lowest BCUT2D eigenvalue weighted by Crippen LogP contribution is -2.52. The Morgan fingerprint density at radius 1 is 0.750 bits per heavy atom. The van der Waals surface area contributed by atoms with Crippen molar-refractivity contribution in [3.05, 3.63) is 0 Å². The van der Waals surface area contributed by atoms with Gasteiger partial charge in [-0.15, -0.1) is 0 Å². The van der Waals surface area contributed by atoms with E-state index in [0.717, 1.165) is 26.7 Å². The summed E-state index contributed by atoms with van der Waals surface area (Å²) < 4.78 is 117. The van der Waals surface area contributed by atoms with Crippen molar-refractivity contribution in [2.24, 2.45) is 16.2 Å². The van der Waals surface area contributed by atoms with E-state index in [9.17, 15) is 49.1 Å². The van der Waals surface area contributed by atoms with Crippen molar-refractivity contribution in [3.63, 3.8) is 0 Å². The maximum atomic E-state index is 13.9. The molecule has 2 unspecified atom stereocenters. The Balaban J connectivity index is 3.36. The molecule has 0 aromatic carbocycles. The molecule has 0 spiro atoms. The largest absolute Gasteiger partial charge is 0.511 e. The first-order valence-corrected chi connectivity index (χ1v) is 15.8. The van der Waals surface area contributed by atoms with Crippen molar-refractivity contribution in [1.29, 1.82) is 0 Å². The van der Waals surface area contributed by atoms with Gasteiger partial charge in [0.1, 0.15) is 12.2 Å². The van der Waals surface area contributed by atoms with E-state index in [1.807, 2.05) is 6.92 Å². The molecule has 258 valence electrons. The Bertz CT molecular complexity index is 1150. The van der Waals surface area contributed by atoms with Crippen LogP contribution in [0.15, 0.2) is 0 Å². The smallest absolute Gasteiger partial charge is 0.463 e. The van der Waals surface area contributed by atoms with Gasteiger partial charge in [0.25, 0.3) is 0 Å². The Hall–Kier alpha value is -2.10. The molecule has 0 amide bonds. The molecule has 2 atom stereocenters. The van der Waals surface area contributed by atoms with Gasteiger partial charge in [-0.1, -0.05) is 13.8 Å². The predicted octanol–water partition coefficient (Wildman–Crippen LogP) is 6.35. The number of carbonyl (C=O) groups excluding carboxylic acids is 3. The average Bonchev–Trinajstić information content (AvgIpc) is 3.32. The molecule has 0 bridgehead atoms. The van der Waals surface area contributed by atoms with Crippen LogP contribution in [0.25, 0.3) is 0 Å². The van der Waals surface area contributed by atoms with Gasteiger partial charge in [-0.3, -0.25) is 14.4 Å². The lowest BCUT2D eigenvalue weighted by molar-refractivity contribution is -0.195. The molecule has 9 nitrogen and oxygen atoms in total. The van der Waals surface area contributed by atoms with Crippen molar-refractivity contribution < 1.29 is 63.4 Å². The van der Waals surface area contributed by atoms with Gasteiger partial charge in [-0.2, -0.15) is 31.1 Å². The van der Waals surface area contributed by atoms with Crippen molar-refractivity contribution in [2.45, 2.75) is 130 Å². The predicted molar refractivity (Wildman–Crippen MR) is 147 cm³/mol. The van der Waals surface area contributed by atoms with Crippen LogP contribution in [0.5, 0.6) is 0 Å². The van der Waals surface area contributed by atoms with Crippen LogP contribution in [0.2, 0.25) is 0 Å². The Labute approximate surface area is 255 Å². The first-order chi connectivity index (χ1) is 19.6. The molecule has 0 aromatic heterocycles. The van der Waals surface area contributed by atoms with Gasteiger partial charge in [0.2, 0.25) is 0 Å². The molecule has 0 aliphatic heterocycles. The molecular formula is C28H45F6NO8S. The fraction of sp³-hybridized carbons (Fsp3) is 0.893. The second-order valence-electron chi connectivity index (χ2n) is 13.5. The lowest BCUT2D eigenvalue weighted by atomic mass is 9.65. The third kappa shape index (κ3) is 10.8. The molecule has 0 saturated heterocycles. The number of hydrogen-bond acceptors (Lipinski definition) is 8. The molecule has 1 fully saturated rings. The van der Waals surface area contributed by atoms with Crippen molar-refractivity contribution in [2.75, 3.05) is 13.2 Å². The van der Waals surface area contributed by atoms with Gasteiger partial charge in [0, 0.05) is 0 Å². The number of esters is 3. The van der Waals surface area contributed by atoms with E-state index < -0.39 is 80.2 Å². The van der Waals surface area contributed by atoms with Crippen LogP contribution < -0.4 is 4.72 Å². The summed E-state index contributed by atoms with van der Waals surface area (Å²) in [5.41, 5.74) is -13.1. The summed E-state index contributed by atoms with van der Waals surface area (Å²) in [5.74, 6) is -2.97. The minimum Gasteiger partial charge on any atom is -0.463 e. The van der Waals surface area contributed by atoms with Crippen LogP contribution >= 0.6 is 0 Å². The summed E-state index contributed by atoms with van der Waals surface area (Å²) in [6, 6.07) is 0. The highest BCUT2D eigenvalue weighted by Gasteiger charge is 2.53. The first-order valence-electron chi connectivity index (χ1n) is 14.3. The summed E-state index contributed by atoms with van der Waals surface area (Å²) in [6.45, 7) is 8.41. The van der Waals surface area contributed by atoms with Crippen molar-refractivity contribution >= 4 is 27.9 Å². The number of alkyl halides is 6. The number of hydrogen-bond donors (Lipinski definition) is 1. The van der Waals surface area contributed by atoms with E-state index >= 15 is 0 Å². The zero-order chi connectivity index (χ0) is 34.6. The number of sulfonamides is 1. The standard InChI is InChI=1S/C28H45F6NO8S/c1-9-24(7,20(37)41-17-23(5,6)35-44(39,40)28(32,33)34)16-25(8,21(38)43-26(10-2)13-11-12-14-26)15-22(3,4)19(36)42-18-27(29,30)31/h35H,9-18H2,1-8H3. The summed E-state index contributed by atoms with van der Waals surface area (Å²) in [6.07, 6.45) is -2.19. The molecule has 1 aliphatic carbocycles. The van der Waals surface area contributed by atoms with Gasteiger partial charge in [0.05, 0.1) is 21.8 Å². The summed E-state index contributed by atoms with van der Waals surface area (Å²) >= 11 is 0. The zero-order valence-corrected chi connectivity index (χ0v) is 27.3. The van der Waals surface area contributed by atoms with Crippen LogP contribution in [-0.2, 0) is 38.6 Å². The third-order valence-electron chi connectivity index (χ3n) is 8.05. The molecule has 1 rings (SSSR count). The van der Waals surface area contributed by atoms with Gasteiger partial charge >= 0.3 is 39.6 Å². The SMILES string of the molecule is CCC1(OC(=O)C(C)(CC(C)(C)C(=O)OCC(F)(F)F)CC(C)(CC)C(=O)OCC(C)(C)NS(=O)(=O)C(F)(F)F)CCCC1. The fourth-order valence-electron chi connectivity index (χ4n) is 5.54. The molecule has 0 aromatic rings. The molecule has 16 heteroatoms. The number of halogens is 6. The maximum Gasteiger partial charge on any atom is 0.511 e. The number of carbonyl (C=O) groups is 3. The second kappa shape index (κ2) is 13.7. The molecule has 0 heterocycles.